The fourth-order valence-corrected chi connectivity index (χ4v) is 1.85. The Morgan fingerprint density at radius 1 is 1.11 bits per heavy atom. The highest BCUT2D eigenvalue weighted by Crippen LogP contribution is 2.30. The SMILES string of the molecule is CN(C)c1ccccc1Nc1cc(C#N)ccc1N. The van der Waals surface area contributed by atoms with Crippen molar-refractivity contribution >= 4 is 22.7 Å². The molecule has 0 heterocycles. The van der Waals surface area contributed by atoms with Crippen LogP contribution in [-0.2, 0) is 0 Å². The number of nitriles is 1. The molecule has 4 heteroatoms. The summed E-state index contributed by atoms with van der Waals surface area (Å²) in [5.74, 6) is 0. The van der Waals surface area contributed by atoms with Crippen LogP contribution in [0, 0.1) is 11.3 Å². The standard InChI is InChI=1S/C15H16N4/c1-19(2)15-6-4-3-5-13(15)18-14-9-11(10-16)7-8-12(14)17/h3-9,18H,17H2,1-2H3. The molecule has 2 rings (SSSR count). The molecule has 0 spiro atoms. The summed E-state index contributed by atoms with van der Waals surface area (Å²) in [6, 6.07) is 15.2. The summed E-state index contributed by atoms with van der Waals surface area (Å²) in [6.45, 7) is 0. The third kappa shape index (κ3) is 2.78. The lowest BCUT2D eigenvalue weighted by Gasteiger charge is -2.19. The van der Waals surface area contributed by atoms with E-state index in [1.54, 1.807) is 18.2 Å². The molecule has 0 aromatic heterocycles. The highest BCUT2D eigenvalue weighted by molar-refractivity contribution is 5.80. The lowest BCUT2D eigenvalue weighted by atomic mass is 10.1. The van der Waals surface area contributed by atoms with E-state index in [0.717, 1.165) is 17.1 Å². The average Bonchev–Trinajstić information content (AvgIpc) is 2.41. The molecule has 0 saturated heterocycles. The van der Waals surface area contributed by atoms with Crippen LogP contribution >= 0.6 is 0 Å². The lowest BCUT2D eigenvalue weighted by Crippen LogP contribution is -2.11. The Balaban J connectivity index is 2.39. The first-order chi connectivity index (χ1) is 9.11. The van der Waals surface area contributed by atoms with Gasteiger partial charge in [0.1, 0.15) is 0 Å². The van der Waals surface area contributed by atoms with Gasteiger partial charge in [-0.15, -0.1) is 0 Å². The molecule has 19 heavy (non-hydrogen) atoms. The van der Waals surface area contributed by atoms with Gasteiger partial charge in [-0.1, -0.05) is 12.1 Å². The summed E-state index contributed by atoms with van der Waals surface area (Å²) in [4.78, 5) is 2.02. The Bertz CT molecular complexity index is 626. The molecule has 0 aliphatic carbocycles. The van der Waals surface area contributed by atoms with E-state index in [0.29, 0.717) is 11.3 Å². The number of nitrogen functional groups attached to an aromatic ring is 1. The zero-order valence-corrected chi connectivity index (χ0v) is 11.0. The Labute approximate surface area is 113 Å². The van der Waals surface area contributed by atoms with Gasteiger partial charge < -0.3 is 16.0 Å². The van der Waals surface area contributed by atoms with E-state index in [1.165, 1.54) is 0 Å². The van der Waals surface area contributed by atoms with Crippen molar-refractivity contribution < 1.29 is 0 Å². The van der Waals surface area contributed by atoms with E-state index < -0.39 is 0 Å². The Hall–Kier alpha value is -2.67. The van der Waals surface area contributed by atoms with Crippen molar-refractivity contribution in [3.05, 3.63) is 48.0 Å². The van der Waals surface area contributed by atoms with E-state index in [1.807, 2.05) is 43.3 Å². The smallest absolute Gasteiger partial charge is 0.0992 e. The summed E-state index contributed by atoms with van der Waals surface area (Å²) in [7, 11) is 3.96. The molecular weight excluding hydrogens is 236 g/mol. The number of hydrogen-bond donors (Lipinski definition) is 2. The second-order valence-electron chi connectivity index (χ2n) is 4.45. The van der Waals surface area contributed by atoms with Gasteiger partial charge in [-0.2, -0.15) is 5.26 Å². The summed E-state index contributed by atoms with van der Waals surface area (Å²) < 4.78 is 0. The Morgan fingerprint density at radius 3 is 2.53 bits per heavy atom. The Kier molecular flexibility index (Phi) is 3.58. The minimum atomic E-state index is 0.582. The maximum absolute atomic E-state index is 8.94. The highest BCUT2D eigenvalue weighted by atomic mass is 15.1. The van der Waals surface area contributed by atoms with Crippen LogP contribution in [0.1, 0.15) is 5.56 Å². The first-order valence-corrected chi connectivity index (χ1v) is 5.95. The molecule has 2 aromatic rings. The molecule has 0 saturated carbocycles. The number of nitrogens with two attached hydrogens (primary N) is 1. The van der Waals surface area contributed by atoms with Gasteiger partial charge in [0.25, 0.3) is 0 Å². The third-order valence-corrected chi connectivity index (χ3v) is 2.84. The van der Waals surface area contributed by atoms with Crippen LogP contribution in [0.4, 0.5) is 22.7 Å². The second-order valence-corrected chi connectivity index (χ2v) is 4.45. The van der Waals surface area contributed by atoms with Crippen molar-refractivity contribution in [2.24, 2.45) is 0 Å². The van der Waals surface area contributed by atoms with Crippen molar-refractivity contribution in [1.82, 2.24) is 0 Å². The van der Waals surface area contributed by atoms with Crippen molar-refractivity contribution in [3.8, 4) is 6.07 Å². The molecule has 2 aromatic carbocycles. The monoisotopic (exact) mass is 252 g/mol. The van der Waals surface area contributed by atoms with E-state index in [2.05, 4.69) is 11.4 Å². The Morgan fingerprint density at radius 2 is 1.84 bits per heavy atom. The van der Waals surface area contributed by atoms with Crippen LogP contribution in [0.25, 0.3) is 0 Å². The van der Waals surface area contributed by atoms with Crippen LogP contribution in [-0.4, -0.2) is 14.1 Å². The predicted octanol–water partition coefficient (Wildman–Crippen LogP) is 2.95. The molecule has 0 bridgehead atoms. The number of rotatable bonds is 3. The fourth-order valence-electron chi connectivity index (χ4n) is 1.85. The molecule has 0 unspecified atom stereocenters. The van der Waals surface area contributed by atoms with Gasteiger partial charge >= 0.3 is 0 Å². The van der Waals surface area contributed by atoms with Crippen LogP contribution in [0.2, 0.25) is 0 Å². The lowest BCUT2D eigenvalue weighted by molar-refractivity contribution is 1.13. The van der Waals surface area contributed by atoms with Crippen molar-refractivity contribution in [1.29, 1.82) is 5.26 Å². The first-order valence-electron chi connectivity index (χ1n) is 5.95. The molecule has 3 N–H and O–H groups in total. The highest BCUT2D eigenvalue weighted by Gasteiger charge is 2.06. The fraction of sp³-hybridized carbons (Fsp3) is 0.133. The van der Waals surface area contributed by atoms with Gasteiger partial charge in [-0.05, 0) is 30.3 Å². The average molecular weight is 252 g/mol. The molecule has 0 atom stereocenters. The van der Waals surface area contributed by atoms with E-state index in [-0.39, 0.29) is 0 Å². The maximum Gasteiger partial charge on any atom is 0.0992 e. The van der Waals surface area contributed by atoms with Crippen LogP contribution in [0.3, 0.4) is 0 Å². The molecule has 0 aliphatic rings. The van der Waals surface area contributed by atoms with Gasteiger partial charge in [-0.3, -0.25) is 0 Å². The maximum atomic E-state index is 8.94. The van der Waals surface area contributed by atoms with E-state index >= 15 is 0 Å². The summed E-state index contributed by atoms with van der Waals surface area (Å²) in [5, 5.41) is 12.2. The number of hydrogen-bond acceptors (Lipinski definition) is 4. The number of nitrogens with zero attached hydrogens (tertiary/aromatic N) is 2. The third-order valence-electron chi connectivity index (χ3n) is 2.84. The minimum Gasteiger partial charge on any atom is -0.397 e. The van der Waals surface area contributed by atoms with Gasteiger partial charge in [0, 0.05) is 14.1 Å². The quantitative estimate of drug-likeness (QED) is 0.824. The molecule has 0 fully saturated rings. The van der Waals surface area contributed by atoms with E-state index in [4.69, 9.17) is 11.0 Å². The van der Waals surface area contributed by atoms with Crippen LogP contribution in [0.5, 0.6) is 0 Å². The van der Waals surface area contributed by atoms with Crippen molar-refractivity contribution in [3.63, 3.8) is 0 Å². The van der Waals surface area contributed by atoms with Gasteiger partial charge in [0.05, 0.1) is 34.4 Å². The summed E-state index contributed by atoms with van der Waals surface area (Å²) >= 11 is 0. The molecule has 0 aliphatic heterocycles. The van der Waals surface area contributed by atoms with Gasteiger partial charge in [-0.25, -0.2) is 0 Å². The second kappa shape index (κ2) is 5.32. The van der Waals surface area contributed by atoms with Crippen LogP contribution in [0.15, 0.2) is 42.5 Å². The summed E-state index contributed by atoms with van der Waals surface area (Å²) in [5.41, 5.74) is 9.89. The number of benzene rings is 2. The topological polar surface area (TPSA) is 65.1 Å². The summed E-state index contributed by atoms with van der Waals surface area (Å²) in [6.07, 6.45) is 0. The number of para-hydroxylation sites is 2. The molecular formula is C15H16N4. The largest absolute Gasteiger partial charge is 0.397 e. The van der Waals surface area contributed by atoms with Crippen molar-refractivity contribution in [2.75, 3.05) is 30.0 Å². The number of nitrogens with one attached hydrogen (secondary N) is 1. The molecule has 96 valence electrons. The zero-order chi connectivity index (χ0) is 13.8. The number of anilines is 4. The zero-order valence-electron chi connectivity index (χ0n) is 11.0. The van der Waals surface area contributed by atoms with Gasteiger partial charge in [0.2, 0.25) is 0 Å². The molecule has 0 radical (unpaired) electrons. The molecule has 4 nitrogen and oxygen atoms in total. The van der Waals surface area contributed by atoms with Gasteiger partial charge in [0.15, 0.2) is 0 Å². The van der Waals surface area contributed by atoms with E-state index in [9.17, 15) is 0 Å². The predicted molar refractivity (Wildman–Crippen MR) is 79.6 cm³/mol. The normalized spacial score (nSPS) is 9.74. The van der Waals surface area contributed by atoms with Crippen LogP contribution < -0.4 is 16.0 Å². The minimum absolute atomic E-state index is 0.582. The van der Waals surface area contributed by atoms with Crippen molar-refractivity contribution in [2.45, 2.75) is 0 Å². The molecule has 0 amide bonds. The first kappa shape index (κ1) is 12.8.